The lowest BCUT2D eigenvalue weighted by Gasteiger charge is -2.12. The molecule has 19 heavy (non-hydrogen) atoms. The number of aryl methyl sites for hydroxylation is 1. The molecule has 96 valence electrons. The van der Waals surface area contributed by atoms with Crippen LogP contribution in [-0.4, -0.2) is 5.91 Å². The average Bonchev–Trinajstić information content (AvgIpc) is 2.69. The molecule has 1 heterocycles. The number of hydrogen-bond donors (Lipinski definition) is 3. The van der Waals surface area contributed by atoms with Crippen LogP contribution in [0.5, 0.6) is 0 Å². The van der Waals surface area contributed by atoms with Gasteiger partial charge >= 0.3 is 0 Å². The third-order valence-electron chi connectivity index (χ3n) is 3.20. The van der Waals surface area contributed by atoms with Crippen LogP contribution < -0.4 is 16.4 Å². The van der Waals surface area contributed by atoms with E-state index < -0.39 is 0 Å². The zero-order valence-electron chi connectivity index (χ0n) is 10.7. The number of amides is 1. The van der Waals surface area contributed by atoms with Crippen LogP contribution in [0.3, 0.4) is 0 Å². The molecule has 4 N–H and O–H groups in total. The minimum Gasteiger partial charge on any atom is -0.397 e. The highest BCUT2D eigenvalue weighted by atomic mass is 16.1. The number of hydrogen-bond acceptors (Lipinski definition) is 3. The molecule has 0 aliphatic carbocycles. The molecule has 0 spiro atoms. The van der Waals surface area contributed by atoms with Crippen LogP contribution >= 0.6 is 0 Å². The summed E-state index contributed by atoms with van der Waals surface area (Å²) in [6.45, 7) is 2.04. The third-order valence-corrected chi connectivity index (χ3v) is 3.20. The van der Waals surface area contributed by atoms with Gasteiger partial charge in [-0.05, 0) is 42.3 Å². The topological polar surface area (TPSA) is 67.1 Å². The molecule has 0 unspecified atom stereocenters. The van der Waals surface area contributed by atoms with Crippen LogP contribution in [-0.2, 0) is 11.2 Å². The lowest BCUT2D eigenvalue weighted by atomic mass is 10.1. The van der Waals surface area contributed by atoms with E-state index in [1.165, 1.54) is 5.56 Å². The van der Waals surface area contributed by atoms with E-state index >= 15 is 0 Å². The first-order chi connectivity index (χ1) is 9.11. The largest absolute Gasteiger partial charge is 0.397 e. The highest BCUT2D eigenvalue weighted by molar-refractivity contribution is 6.01. The summed E-state index contributed by atoms with van der Waals surface area (Å²) in [4.78, 5) is 11.4. The summed E-state index contributed by atoms with van der Waals surface area (Å²) in [5.41, 5.74) is 11.4. The molecule has 1 amide bonds. The molecule has 0 atom stereocenters. The number of benzene rings is 2. The first-order valence-corrected chi connectivity index (χ1v) is 6.18. The molecule has 1 aliphatic rings. The molecule has 0 bridgehead atoms. The Hall–Kier alpha value is -2.49. The summed E-state index contributed by atoms with van der Waals surface area (Å²) >= 11 is 0. The van der Waals surface area contributed by atoms with Gasteiger partial charge in [-0.3, -0.25) is 4.79 Å². The maximum atomic E-state index is 11.4. The molecule has 3 rings (SSSR count). The summed E-state index contributed by atoms with van der Waals surface area (Å²) in [7, 11) is 0. The standard InChI is InChI=1S/C15H15N3O/c1-9-3-2-4-11(5-9)17-14-8-13-10(6-12(14)16)7-15(19)18-13/h2-6,8,17H,7,16H2,1H3,(H,18,19). The van der Waals surface area contributed by atoms with Crippen molar-refractivity contribution in [3.63, 3.8) is 0 Å². The number of fused-ring (bicyclic) bond motifs is 1. The Kier molecular flexibility index (Phi) is 2.63. The first kappa shape index (κ1) is 11.6. The average molecular weight is 253 g/mol. The summed E-state index contributed by atoms with van der Waals surface area (Å²) in [6.07, 6.45) is 0.407. The van der Waals surface area contributed by atoms with E-state index in [9.17, 15) is 4.79 Å². The van der Waals surface area contributed by atoms with Crippen LogP contribution in [0, 0.1) is 6.92 Å². The molecule has 1 aliphatic heterocycles. The van der Waals surface area contributed by atoms with Gasteiger partial charge in [0.1, 0.15) is 0 Å². The van der Waals surface area contributed by atoms with Crippen molar-refractivity contribution in [2.24, 2.45) is 0 Å². The smallest absolute Gasteiger partial charge is 0.228 e. The third kappa shape index (κ3) is 2.25. The maximum absolute atomic E-state index is 11.4. The molecule has 0 saturated carbocycles. The highest BCUT2D eigenvalue weighted by Gasteiger charge is 2.19. The number of carbonyl (C=O) groups excluding carboxylic acids is 1. The first-order valence-electron chi connectivity index (χ1n) is 6.18. The predicted octanol–water partition coefficient (Wildman–Crippen LogP) is 2.82. The predicted molar refractivity (Wildman–Crippen MR) is 77.6 cm³/mol. The fourth-order valence-electron chi connectivity index (χ4n) is 2.28. The lowest BCUT2D eigenvalue weighted by molar-refractivity contribution is -0.115. The second kappa shape index (κ2) is 4.31. The van der Waals surface area contributed by atoms with Gasteiger partial charge in [0.15, 0.2) is 0 Å². The maximum Gasteiger partial charge on any atom is 0.228 e. The van der Waals surface area contributed by atoms with E-state index in [2.05, 4.69) is 10.6 Å². The molecule has 4 nitrogen and oxygen atoms in total. The van der Waals surface area contributed by atoms with Crippen molar-refractivity contribution in [2.45, 2.75) is 13.3 Å². The Balaban J connectivity index is 1.94. The quantitative estimate of drug-likeness (QED) is 0.721. The molecule has 0 radical (unpaired) electrons. The number of nitrogens with two attached hydrogens (primary N) is 1. The Bertz CT molecular complexity index is 664. The van der Waals surface area contributed by atoms with E-state index in [1.807, 2.05) is 43.3 Å². The lowest BCUT2D eigenvalue weighted by Crippen LogP contribution is -2.03. The second-order valence-corrected chi connectivity index (χ2v) is 4.82. The van der Waals surface area contributed by atoms with Crippen LogP contribution in [0.4, 0.5) is 22.7 Å². The van der Waals surface area contributed by atoms with Gasteiger partial charge in [-0.15, -0.1) is 0 Å². The molecular formula is C15H15N3O. The zero-order valence-corrected chi connectivity index (χ0v) is 10.7. The van der Waals surface area contributed by atoms with Gasteiger partial charge < -0.3 is 16.4 Å². The fraction of sp³-hybridized carbons (Fsp3) is 0.133. The van der Waals surface area contributed by atoms with Gasteiger partial charge in [-0.2, -0.15) is 0 Å². The van der Waals surface area contributed by atoms with Crippen molar-refractivity contribution in [3.8, 4) is 0 Å². The molecule has 2 aromatic carbocycles. The molecule has 2 aromatic rings. The van der Waals surface area contributed by atoms with Crippen molar-refractivity contribution in [1.29, 1.82) is 0 Å². The number of anilines is 4. The van der Waals surface area contributed by atoms with Gasteiger partial charge in [0, 0.05) is 11.4 Å². The summed E-state index contributed by atoms with van der Waals surface area (Å²) < 4.78 is 0. The SMILES string of the molecule is Cc1cccc(Nc2cc3c(cc2N)CC(=O)N3)c1. The van der Waals surface area contributed by atoms with Gasteiger partial charge in [0.05, 0.1) is 17.8 Å². The van der Waals surface area contributed by atoms with Crippen LogP contribution in [0.1, 0.15) is 11.1 Å². The number of rotatable bonds is 2. The minimum atomic E-state index is 0.0158. The van der Waals surface area contributed by atoms with Gasteiger partial charge in [-0.1, -0.05) is 12.1 Å². The Labute approximate surface area is 111 Å². The number of nitrogens with one attached hydrogen (secondary N) is 2. The Morgan fingerprint density at radius 3 is 2.89 bits per heavy atom. The molecule has 4 heteroatoms. The Morgan fingerprint density at radius 2 is 2.11 bits per heavy atom. The van der Waals surface area contributed by atoms with Crippen molar-refractivity contribution < 1.29 is 4.79 Å². The van der Waals surface area contributed by atoms with Gasteiger partial charge in [0.25, 0.3) is 0 Å². The summed E-state index contributed by atoms with van der Waals surface area (Å²) in [5, 5.41) is 6.11. The van der Waals surface area contributed by atoms with Crippen molar-refractivity contribution >= 4 is 28.7 Å². The number of carbonyl (C=O) groups is 1. The van der Waals surface area contributed by atoms with E-state index in [-0.39, 0.29) is 5.91 Å². The van der Waals surface area contributed by atoms with Gasteiger partial charge in [0.2, 0.25) is 5.91 Å². The second-order valence-electron chi connectivity index (χ2n) is 4.82. The molecule has 0 aromatic heterocycles. The van der Waals surface area contributed by atoms with Crippen LogP contribution in [0.15, 0.2) is 36.4 Å². The highest BCUT2D eigenvalue weighted by Crippen LogP contribution is 2.33. The molecule has 0 saturated heterocycles. The van der Waals surface area contributed by atoms with Crippen LogP contribution in [0.25, 0.3) is 0 Å². The van der Waals surface area contributed by atoms with Gasteiger partial charge in [-0.25, -0.2) is 0 Å². The van der Waals surface area contributed by atoms with E-state index in [0.717, 1.165) is 22.6 Å². The minimum absolute atomic E-state index is 0.0158. The van der Waals surface area contributed by atoms with Crippen molar-refractivity contribution in [2.75, 3.05) is 16.4 Å². The summed E-state index contributed by atoms with van der Waals surface area (Å²) in [5.74, 6) is 0.0158. The summed E-state index contributed by atoms with van der Waals surface area (Å²) in [6, 6.07) is 11.8. The number of nitrogen functional groups attached to an aromatic ring is 1. The zero-order chi connectivity index (χ0) is 13.4. The fourth-order valence-corrected chi connectivity index (χ4v) is 2.28. The van der Waals surface area contributed by atoms with E-state index in [4.69, 9.17) is 5.73 Å². The normalized spacial score (nSPS) is 13.0. The van der Waals surface area contributed by atoms with Crippen molar-refractivity contribution in [1.82, 2.24) is 0 Å². The van der Waals surface area contributed by atoms with E-state index in [1.54, 1.807) is 0 Å². The Morgan fingerprint density at radius 1 is 1.26 bits per heavy atom. The molecule has 0 fully saturated rings. The van der Waals surface area contributed by atoms with Crippen molar-refractivity contribution in [3.05, 3.63) is 47.5 Å². The monoisotopic (exact) mass is 253 g/mol. The van der Waals surface area contributed by atoms with E-state index in [0.29, 0.717) is 12.1 Å². The molecular weight excluding hydrogens is 238 g/mol. The van der Waals surface area contributed by atoms with Crippen LogP contribution in [0.2, 0.25) is 0 Å².